The molecule has 2 aromatic rings. The lowest BCUT2D eigenvalue weighted by Crippen LogP contribution is -2.07. The van der Waals surface area contributed by atoms with Gasteiger partial charge in [0.1, 0.15) is 12.0 Å². The second kappa shape index (κ2) is 5.21. The molecule has 1 N–H and O–H groups in total. The molecule has 0 radical (unpaired) electrons. The van der Waals surface area contributed by atoms with Crippen LogP contribution in [-0.2, 0) is 6.42 Å². The minimum absolute atomic E-state index is 0.0330. The summed E-state index contributed by atoms with van der Waals surface area (Å²) in [6.45, 7) is 2.30. The Balaban J connectivity index is 1.85. The average molecular weight is 249 g/mol. The van der Waals surface area contributed by atoms with E-state index in [4.69, 9.17) is 4.52 Å². The van der Waals surface area contributed by atoms with Gasteiger partial charge in [0.15, 0.2) is 5.82 Å². The van der Waals surface area contributed by atoms with Crippen LogP contribution in [0.5, 0.6) is 0 Å². The van der Waals surface area contributed by atoms with Gasteiger partial charge < -0.3 is 9.84 Å². The second-order valence-electron chi connectivity index (χ2n) is 3.57. The molecule has 0 saturated carbocycles. The summed E-state index contributed by atoms with van der Waals surface area (Å²) < 4.78 is 4.83. The molecule has 0 aliphatic heterocycles. The Hall–Kier alpha value is -2.51. The van der Waals surface area contributed by atoms with Crippen molar-refractivity contribution < 1.29 is 9.45 Å². The summed E-state index contributed by atoms with van der Waals surface area (Å²) in [7, 11) is 0. The largest absolute Gasteiger partial charge is 0.370 e. The molecule has 2 rings (SSSR count). The number of nitrogens with zero attached hydrogens (tertiary/aromatic N) is 4. The quantitative estimate of drug-likeness (QED) is 0.629. The Kier molecular flexibility index (Phi) is 3.46. The molecule has 2 heterocycles. The van der Waals surface area contributed by atoms with Gasteiger partial charge in [-0.2, -0.15) is 4.98 Å². The van der Waals surface area contributed by atoms with Crippen LogP contribution in [0.2, 0.25) is 0 Å². The van der Waals surface area contributed by atoms with Crippen LogP contribution in [0.1, 0.15) is 11.7 Å². The summed E-state index contributed by atoms with van der Waals surface area (Å²) in [5.74, 6) is 1.71. The molecule has 2 aromatic heterocycles. The van der Waals surface area contributed by atoms with E-state index in [0.29, 0.717) is 30.5 Å². The molecular formula is C10H11N5O3. The zero-order valence-corrected chi connectivity index (χ0v) is 9.66. The molecule has 0 unspecified atom stereocenters. The summed E-state index contributed by atoms with van der Waals surface area (Å²) in [6, 6.07) is 2.95. The molecule has 0 spiro atoms. The van der Waals surface area contributed by atoms with E-state index in [1.807, 2.05) is 0 Å². The maximum atomic E-state index is 10.4. The average Bonchev–Trinajstić information content (AvgIpc) is 2.76. The molecule has 0 aliphatic carbocycles. The summed E-state index contributed by atoms with van der Waals surface area (Å²) >= 11 is 0. The highest BCUT2D eigenvalue weighted by Crippen LogP contribution is 2.11. The number of anilines is 1. The van der Waals surface area contributed by atoms with Crippen molar-refractivity contribution in [3.63, 3.8) is 0 Å². The van der Waals surface area contributed by atoms with Crippen LogP contribution in [-0.4, -0.2) is 26.6 Å². The molecule has 18 heavy (non-hydrogen) atoms. The number of nitrogens with one attached hydrogen (secondary N) is 1. The third kappa shape index (κ3) is 3.00. The highest BCUT2D eigenvalue weighted by atomic mass is 16.6. The van der Waals surface area contributed by atoms with Gasteiger partial charge in [0, 0.05) is 26.0 Å². The van der Waals surface area contributed by atoms with E-state index in [1.54, 1.807) is 13.0 Å². The molecule has 94 valence electrons. The van der Waals surface area contributed by atoms with E-state index in [2.05, 4.69) is 20.4 Å². The fraction of sp³-hybridized carbons (Fsp3) is 0.300. The van der Waals surface area contributed by atoms with Crippen molar-refractivity contribution in [2.24, 2.45) is 0 Å². The molecule has 0 amide bonds. The molecule has 0 bridgehead atoms. The van der Waals surface area contributed by atoms with Crippen LogP contribution in [0.25, 0.3) is 0 Å². The van der Waals surface area contributed by atoms with E-state index in [1.165, 1.54) is 12.3 Å². The Morgan fingerprint density at radius 2 is 2.33 bits per heavy atom. The third-order valence-corrected chi connectivity index (χ3v) is 2.18. The van der Waals surface area contributed by atoms with Gasteiger partial charge in [-0.3, -0.25) is 10.1 Å². The normalized spacial score (nSPS) is 10.3. The van der Waals surface area contributed by atoms with Crippen molar-refractivity contribution in [1.82, 2.24) is 15.1 Å². The number of rotatable bonds is 5. The van der Waals surface area contributed by atoms with E-state index >= 15 is 0 Å². The number of nitro groups is 1. The minimum atomic E-state index is -0.487. The van der Waals surface area contributed by atoms with Crippen LogP contribution in [0.3, 0.4) is 0 Å². The van der Waals surface area contributed by atoms with Crippen LogP contribution < -0.4 is 5.32 Å². The zero-order chi connectivity index (χ0) is 13.0. The van der Waals surface area contributed by atoms with Gasteiger partial charge >= 0.3 is 0 Å². The Morgan fingerprint density at radius 1 is 1.50 bits per heavy atom. The number of aryl methyl sites for hydroxylation is 1. The second-order valence-corrected chi connectivity index (χ2v) is 3.57. The van der Waals surface area contributed by atoms with Crippen LogP contribution in [0, 0.1) is 17.0 Å². The standard InChI is InChI=1S/C10H11N5O3/c1-7-13-10(14-18-7)4-5-11-9-3-2-8(6-12-9)15(16)17/h2-3,6H,4-5H2,1H3,(H,11,12). The highest BCUT2D eigenvalue weighted by Gasteiger charge is 2.05. The van der Waals surface area contributed by atoms with Gasteiger partial charge in [-0.05, 0) is 6.07 Å². The summed E-state index contributed by atoms with van der Waals surface area (Å²) in [4.78, 5) is 17.9. The predicted molar refractivity (Wildman–Crippen MR) is 62.1 cm³/mol. The molecular weight excluding hydrogens is 238 g/mol. The molecule has 0 atom stereocenters. The number of aromatic nitrogens is 3. The SMILES string of the molecule is Cc1nc(CCNc2ccc([N+](=O)[O-])cn2)no1. The van der Waals surface area contributed by atoms with Gasteiger partial charge in [0.25, 0.3) is 5.69 Å². The lowest BCUT2D eigenvalue weighted by molar-refractivity contribution is -0.385. The maximum absolute atomic E-state index is 10.4. The fourth-order valence-electron chi connectivity index (χ4n) is 1.34. The number of pyridine rings is 1. The summed E-state index contributed by atoms with van der Waals surface area (Å²) in [5.41, 5.74) is -0.0330. The number of hydrogen-bond donors (Lipinski definition) is 1. The van der Waals surface area contributed by atoms with Gasteiger partial charge in [0.05, 0.1) is 4.92 Å². The Labute approximate surface area is 102 Å². The van der Waals surface area contributed by atoms with Crippen LogP contribution >= 0.6 is 0 Å². The van der Waals surface area contributed by atoms with Gasteiger partial charge in [-0.15, -0.1) is 0 Å². The van der Waals surface area contributed by atoms with Crippen molar-refractivity contribution in [3.05, 3.63) is 40.2 Å². The Morgan fingerprint density at radius 3 is 2.89 bits per heavy atom. The topological polar surface area (TPSA) is 107 Å². The van der Waals surface area contributed by atoms with E-state index in [9.17, 15) is 10.1 Å². The predicted octanol–water partition coefficient (Wildman–Crippen LogP) is 1.34. The molecule has 0 aliphatic rings. The van der Waals surface area contributed by atoms with Gasteiger partial charge in [-0.1, -0.05) is 5.16 Å². The van der Waals surface area contributed by atoms with Crippen LogP contribution in [0.4, 0.5) is 11.5 Å². The van der Waals surface area contributed by atoms with Crippen molar-refractivity contribution in [1.29, 1.82) is 0 Å². The molecule has 0 saturated heterocycles. The highest BCUT2D eigenvalue weighted by molar-refractivity contribution is 5.40. The first-order valence-corrected chi connectivity index (χ1v) is 5.28. The maximum Gasteiger partial charge on any atom is 0.287 e. The summed E-state index contributed by atoms with van der Waals surface area (Å²) in [5, 5.41) is 17.2. The lowest BCUT2D eigenvalue weighted by atomic mass is 10.4. The first-order chi connectivity index (χ1) is 8.65. The van der Waals surface area contributed by atoms with Gasteiger partial charge in [-0.25, -0.2) is 4.98 Å². The molecule has 8 heteroatoms. The Bertz CT molecular complexity index is 537. The fourth-order valence-corrected chi connectivity index (χ4v) is 1.34. The summed E-state index contributed by atoms with van der Waals surface area (Å²) in [6.07, 6.45) is 1.80. The van der Waals surface area contributed by atoms with Crippen molar-refractivity contribution >= 4 is 11.5 Å². The van der Waals surface area contributed by atoms with E-state index in [0.717, 1.165) is 0 Å². The van der Waals surface area contributed by atoms with Crippen molar-refractivity contribution in [2.45, 2.75) is 13.3 Å². The lowest BCUT2D eigenvalue weighted by Gasteiger charge is -2.02. The van der Waals surface area contributed by atoms with E-state index < -0.39 is 4.92 Å². The number of hydrogen-bond acceptors (Lipinski definition) is 7. The first kappa shape index (κ1) is 12.0. The van der Waals surface area contributed by atoms with Gasteiger partial charge in [0.2, 0.25) is 5.89 Å². The monoisotopic (exact) mass is 249 g/mol. The third-order valence-electron chi connectivity index (χ3n) is 2.18. The molecule has 0 aromatic carbocycles. The minimum Gasteiger partial charge on any atom is -0.370 e. The van der Waals surface area contributed by atoms with Crippen molar-refractivity contribution in [2.75, 3.05) is 11.9 Å². The zero-order valence-electron chi connectivity index (χ0n) is 9.66. The van der Waals surface area contributed by atoms with Crippen molar-refractivity contribution in [3.8, 4) is 0 Å². The smallest absolute Gasteiger partial charge is 0.287 e. The van der Waals surface area contributed by atoms with Crippen LogP contribution in [0.15, 0.2) is 22.9 Å². The molecule has 0 fully saturated rings. The molecule has 8 nitrogen and oxygen atoms in total. The first-order valence-electron chi connectivity index (χ1n) is 5.28. The van der Waals surface area contributed by atoms with E-state index in [-0.39, 0.29) is 5.69 Å².